The number of ether oxygens (including phenoxy) is 4. The Kier molecular flexibility index (Phi) is 13.0. The average Bonchev–Trinajstić information content (AvgIpc) is 4.13. The number of rotatable bonds is 9. The van der Waals surface area contributed by atoms with Gasteiger partial charge < -0.3 is 54.5 Å². The number of amides is 4. The first-order valence-electron chi connectivity index (χ1n) is 25.5. The maximum atomic E-state index is 14.7. The number of carboxylic acid groups (broad SMARTS) is 1. The van der Waals surface area contributed by atoms with Gasteiger partial charge in [0.2, 0.25) is 11.8 Å². The molecule has 3 aromatic carbocycles. The smallest absolute Gasteiger partial charge is 0.407 e. The quantitative estimate of drug-likeness (QED) is 0.0940. The van der Waals surface area contributed by atoms with Gasteiger partial charge in [0.15, 0.2) is 0 Å². The van der Waals surface area contributed by atoms with Gasteiger partial charge in [-0.05, 0) is 150 Å². The van der Waals surface area contributed by atoms with Crippen LogP contribution < -0.4 is 15.4 Å². The largest absolute Gasteiger partial charge is 0.488 e. The molecule has 5 aliphatic rings. The lowest BCUT2D eigenvalue weighted by atomic mass is 9.85. The third kappa shape index (κ3) is 9.08. The van der Waals surface area contributed by atoms with E-state index in [4.69, 9.17) is 28.9 Å². The lowest BCUT2D eigenvalue weighted by Crippen LogP contribution is -2.55. The second kappa shape index (κ2) is 19.1. The Balaban J connectivity index is 0.904. The van der Waals surface area contributed by atoms with Crippen LogP contribution in [0.1, 0.15) is 123 Å². The molecule has 0 aliphatic carbocycles. The number of hydrogen-bond donors (Lipinski definition) is 5. The Hall–Kier alpha value is -6.20. The highest BCUT2D eigenvalue weighted by Gasteiger charge is 2.48. The monoisotopic (exact) mass is 973 g/mol. The fourth-order valence-electron chi connectivity index (χ4n) is 12.8. The molecule has 5 N–H and O–H groups in total. The lowest BCUT2D eigenvalue weighted by Gasteiger charge is -2.39. The molecule has 71 heavy (non-hydrogen) atoms. The van der Waals surface area contributed by atoms with Gasteiger partial charge in [0.05, 0.1) is 66.5 Å². The van der Waals surface area contributed by atoms with Crippen LogP contribution in [-0.4, -0.2) is 115 Å². The molecule has 0 bridgehead atoms. The molecular weight excluding hydrogens is 905 g/mol. The molecule has 4 fully saturated rings. The molecule has 4 amide bonds. The highest BCUT2D eigenvalue weighted by Crippen LogP contribution is 2.46. The van der Waals surface area contributed by atoms with Crippen LogP contribution in [0, 0.1) is 23.7 Å². The minimum atomic E-state index is -1.22. The van der Waals surface area contributed by atoms with E-state index in [9.17, 15) is 24.3 Å². The van der Waals surface area contributed by atoms with Gasteiger partial charge >= 0.3 is 12.2 Å². The summed E-state index contributed by atoms with van der Waals surface area (Å²) in [6, 6.07) is 12.1. The molecule has 12 atom stereocenters. The number of nitrogens with zero attached hydrogens (tertiary/aromatic N) is 4. The summed E-state index contributed by atoms with van der Waals surface area (Å²) in [5.41, 5.74) is 6.46. The second-order valence-electron chi connectivity index (χ2n) is 21.4. The van der Waals surface area contributed by atoms with E-state index in [0.29, 0.717) is 50.4 Å². The summed E-state index contributed by atoms with van der Waals surface area (Å²) in [5.74, 6) is 1.81. The fourth-order valence-corrected chi connectivity index (χ4v) is 12.8. The Morgan fingerprint density at radius 2 is 1.31 bits per heavy atom. The molecule has 0 saturated carbocycles. The normalized spacial score (nSPS) is 30.3. The van der Waals surface area contributed by atoms with Gasteiger partial charge in [-0.2, -0.15) is 0 Å². The first-order valence-corrected chi connectivity index (χ1v) is 25.5. The molecule has 5 aliphatic heterocycles. The van der Waals surface area contributed by atoms with Crippen LogP contribution in [0.2, 0.25) is 0 Å². The number of carbonyl (C=O) groups excluding carboxylic acids is 3. The van der Waals surface area contributed by atoms with E-state index in [1.807, 2.05) is 56.7 Å². The maximum absolute atomic E-state index is 14.7. The van der Waals surface area contributed by atoms with E-state index in [0.717, 1.165) is 61.9 Å². The van der Waals surface area contributed by atoms with Gasteiger partial charge in [-0.3, -0.25) is 9.59 Å². The number of methoxy groups -OCH3 is 1. The van der Waals surface area contributed by atoms with Crippen molar-refractivity contribution in [3.63, 3.8) is 0 Å². The number of benzene rings is 3. The lowest BCUT2D eigenvalue weighted by molar-refractivity contribution is -0.141. The Labute approximate surface area is 414 Å². The summed E-state index contributed by atoms with van der Waals surface area (Å²) in [6.45, 7) is 16.7. The number of H-pyrrole nitrogens is 2. The highest BCUT2D eigenvalue weighted by molar-refractivity contribution is 6.07. The fraction of sp³-hybridized carbons (Fsp3) is 0.556. The summed E-state index contributed by atoms with van der Waals surface area (Å²) in [5, 5.41) is 17.3. The van der Waals surface area contributed by atoms with E-state index < -0.39 is 24.3 Å². The standard InChI is InChI=1S/C54H68N8O9/c1-25-14-43(61(31(25)7)52(64)47(60-54(67)68-9)36-18-29(5)71-30(6)19-36)49-55-23-42(57-49)34-10-12-38-37(20-34)24-69-45-22-39-33(21-40(38)45)11-13-41-48(39)58-50(56-41)44-15-26(2)32(8)62(44)51(63)46(59-53(65)66)35-16-27(3)70-28(4)17-35/h10-13,20-23,25-32,35-36,43-44,46-47,59H,14-19,24H2,1-9H3,(H,55,57)(H,56,58)(H,60,67)(H,65,66)/t25-,26+,27+,28+,29+,30+,31-,32+,43-,44+,46-,47-/m0/s1. The third-order valence-corrected chi connectivity index (χ3v) is 16.5. The van der Waals surface area contributed by atoms with Crippen LogP contribution in [-0.2, 0) is 30.4 Å². The van der Waals surface area contributed by atoms with Crippen molar-refractivity contribution in [2.75, 3.05) is 7.11 Å². The molecule has 5 aromatic rings. The Morgan fingerprint density at radius 3 is 1.90 bits per heavy atom. The predicted octanol–water partition coefficient (Wildman–Crippen LogP) is 9.03. The van der Waals surface area contributed by atoms with Gasteiger partial charge in [0.25, 0.3) is 0 Å². The molecule has 7 heterocycles. The molecule has 17 nitrogen and oxygen atoms in total. The van der Waals surface area contributed by atoms with Crippen LogP contribution >= 0.6 is 0 Å². The molecule has 10 rings (SSSR count). The molecular formula is C54H68N8O9. The number of nitrogens with one attached hydrogen (secondary N) is 4. The van der Waals surface area contributed by atoms with Crippen molar-refractivity contribution >= 4 is 45.8 Å². The van der Waals surface area contributed by atoms with Gasteiger partial charge in [-0.25, -0.2) is 19.6 Å². The number of aromatic nitrogens is 4. The third-order valence-electron chi connectivity index (χ3n) is 16.5. The summed E-state index contributed by atoms with van der Waals surface area (Å²) >= 11 is 0. The summed E-state index contributed by atoms with van der Waals surface area (Å²) in [4.78, 5) is 75.1. The van der Waals surface area contributed by atoms with Crippen molar-refractivity contribution in [2.45, 2.75) is 161 Å². The van der Waals surface area contributed by atoms with Crippen molar-refractivity contribution in [1.29, 1.82) is 0 Å². The number of alkyl carbamates (subject to hydrolysis) is 1. The van der Waals surface area contributed by atoms with Crippen molar-refractivity contribution in [3.05, 3.63) is 65.9 Å². The topological polar surface area (TPSA) is 213 Å². The number of fused-ring (bicyclic) bond motifs is 6. The van der Waals surface area contributed by atoms with E-state index in [1.54, 1.807) is 0 Å². The molecule has 0 unspecified atom stereocenters. The molecule has 17 heteroatoms. The molecule has 378 valence electrons. The van der Waals surface area contributed by atoms with Gasteiger partial charge in [-0.15, -0.1) is 0 Å². The van der Waals surface area contributed by atoms with Crippen LogP contribution in [0.4, 0.5) is 9.59 Å². The molecule has 2 aromatic heterocycles. The Morgan fingerprint density at radius 1 is 0.718 bits per heavy atom. The van der Waals surface area contributed by atoms with Crippen LogP contribution in [0.3, 0.4) is 0 Å². The van der Waals surface area contributed by atoms with Crippen molar-refractivity contribution in [2.24, 2.45) is 23.7 Å². The van der Waals surface area contributed by atoms with Gasteiger partial charge in [0, 0.05) is 23.0 Å². The number of carbonyl (C=O) groups is 4. The van der Waals surface area contributed by atoms with Crippen LogP contribution in [0.15, 0.2) is 48.7 Å². The van der Waals surface area contributed by atoms with Crippen molar-refractivity contribution in [1.82, 2.24) is 40.4 Å². The number of imidazole rings is 2. The first-order chi connectivity index (χ1) is 34.0. The van der Waals surface area contributed by atoms with E-state index in [1.165, 1.54) is 7.11 Å². The SMILES string of the molecule is COC(=O)N[C@H](C(=O)N1[C@H](c2ncc(-c3ccc4c(c3)COc3cc5c(ccc6[nH]c([C@H]7C[C@@H](C)[C@@H](C)N7C(=O)[C@@H](NC(=O)O)C7C[C@@H](C)O[C@H](C)C7)nc65)cc3-4)[nH]2)C[C@H](C)[C@@H]1C)C1C[C@@H](C)O[C@H](C)C1. The highest BCUT2D eigenvalue weighted by atomic mass is 16.5. The van der Waals surface area contributed by atoms with Gasteiger partial charge in [0.1, 0.15) is 36.1 Å². The van der Waals surface area contributed by atoms with Crippen molar-refractivity contribution in [3.8, 4) is 28.1 Å². The zero-order chi connectivity index (χ0) is 50.2. The average molecular weight is 973 g/mol. The molecule has 0 radical (unpaired) electrons. The van der Waals surface area contributed by atoms with Crippen LogP contribution in [0.25, 0.3) is 44.2 Å². The van der Waals surface area contributed by atoms with Crippen LogP contribution in [0.5, 0.6) is 5.75 Å². The summed E-state index contributed by atoms with van der Waals surface area (Å²) < 4.78 is 23.5. The number of aromatic amines is 2. The minimum Gasteiger partial charge on any atom is -0.488 e. The molecule has 0 spiro atoms. The second-order valence-corrected chi connectivity index (χ2v) is 21.4. The summed E-state index contributed by atoms with van der Waals surface area (Å²) in [6.07, 6.45) is 3.60. The number of hydrogen-bond acceptors (Lipinski definition) is 10. The zero-order valence-corrected chi connectivity index (χ0v) is 42.2. The number of likely N-dealkylation sites (tertiary alicyclic amines) is 2. The Bertz CT molecular complexity index is 2840. The molecule has 4 saturated heterocycles. The maximum Gasteiger partial charge on any atom is 0.407 e. The van der Waals surface area contributed by atoms with Gasteiger partial charge in [-0.1, -0.05) is 32.0 Å². The van der Waals surface area contributed by atoms with Crippen molar-refractivity contribution < 1.29 is 43.2 Å². The summed E-state index contributed by atoms with van der Waals surface area (Å²) in [7, 11) is 1.32. The van der Waals surface area contributed by atoms with E-state index in [-0.39, 0.29) is 84.1 Å². The van der Waals surface area contributed by atoms with E-state index >= 15 is 0 Å². The zero-order valence-electron chi connectivity index (χ0n) is 42.2. The predicted molar refractivity (Wildman–Crippen MR) is 266 cm³/mol. The first kappa shape index (κ1) is 48.4. The minimum absolute atomic E-state index is 0.0422. The van der Waals surface area contributed by atoms with E-state index in [2.05, 4.69) is 77.8 Å².